The summed E-state index contributed by atoms with van der Waals surface area (Å²) in [4.78, 5) is 42.6. The molecule has 2 aromatic carbocycles. The molecule has 0 radical (unpaired) electrons. The topological polar surface area (TPSA) is 105 Å². The third kappa shape index (κ3) is 6.78. The summed E-state index contributed by atoms with van der Waals surface area (Å²) in [6.07, 6.45) is -0.0363. The Hall–Kier alpha value is -5.30. The van der Waals surface area contributed by atoms with Crippen LogP contribution in [0.15, 0.2) is 85.3 Å². The number of ether oxygens (including phenoxy) is 1. The molecule has 2 amide bonds. The number of pyridine rings is 1. The minimum atomic E-state index is -4.49. The summed E-state index contributed by atoms with van der Waals surface area (Å²) >= 11 is 0. The van der Waals surface area contributed by atoms with Crippen molar-refractivity contribution in [3.8, 4) is 11.8 Å². The normalized spacial score (nSPS) is 14.0. The number of carbonyl (C=O) groups excluding carboxylic acids is 2. The van der Waals surface area contributed by atoms with Gasteiger partial charge in [-0.15, -0.1) is 0 Å². The lowest BCUT2D eigenvalue weighted by Crippen LogP contribution is -2.48. The molecule has 0 unspecified atom stereocenters. The van der Waals surface area contributed by atoms with E-state index in [1.807, 2.05) is 46.8 Å². The number of anilines is 1. The van der Waals surface area contributed by atoms with E-state index in [-0.39, 0.29) is 23.2 Å². The van der Waals surface area contributed by atoms with Crippen LogP contribution in [0.4, 0.5) is 18.9 Å². The molecule has 1 aliphatic heterocycles. The Morgan fingerprint density at radius 2 is 1.64 bits per heavy atom. The maximum Gasteiger partial charge on any atom is 0.416 e. The van der Waals surface area contributed by atoms with E-state index in [0.717, 1.165) is 60.5 Å². The fourth-order valence-electron chi connectivity index (χ4n) is 5.14. The van der Waals surface area contributed by atoms with Gasteiger partial charge in [-0.05, 0) is 60.7 Å². The average molecular weight is 616 g/mol. The first-order valence-electron chi connectivity index (χ1n) is 14.1. The minimum Gasteiger partial charge on any atom is -0.424 e. The molecule has 3 aromatic heterocycles. The van der Waals surface area contributed by atoms with Gasteiger partial charge in [-0.1, -0.05) is 6.07 Å². The van der Waals surface area contributed by atoms with Crippen LogP contribution in [0.5, 0.6) is 11.8 Å². The summed E-state index contributed by atoms with van der Waals surface area (Å²) in [5, 5.41) is 3.36. The Labute approximate surface area is 256 Å². The van der Waals surface area contributed by atoms with Gasteiger partial charge in [0.25, 0.3) is 11.8 Å². The van der Waals surface area contributed by atoms with Crippen LogP contribution in [0.3, 0.4) is 0 Å². The second-order valence-corrected chi connectivity index (χ2v) is 10.6. The predicted molar refractivity (Wildman–Crippen MR) is 160 cm³/mol. The standard InChI is InChI=1S/C32H28F3N7O3/c1-40-27-10-9-26(45-31-37-18-25(19-38-31)39-29(43)21-5-7-23(8-6-21)32(33,34)35)16-22(27)17-28(40)30(44)42-14-12-41(13-15-42)20-24-4-2-3-11-36-24/h2-11,16-19H,12-15,20H2,1H3,(H,39,43). The molecule has 0 bridgehead atoms. The van der Waals surface area contributed by atoms with Crippen molar-refractivity contribution in [2.45, 2.75) is 12.7 Å². The first-order chi connectivity index (χ1) is 21.6. The Bertz CT molecular complexity index is 1820. The van der Waals surface area contributed by atoms with E-state index in [4.69, 9.17) is 4.74 Å². The summed E-state index contributed by atoms with van der Waals surface area (Å²) < 4.78 is 46.0. The predicted octanol–water partition coefficient (Wildman–Crippen LogP) is 5.38. The molecule has 5 aromatic rings. The summed E-state index contributed by atoms with van der Waals surface area (Å²) in [5.74, 6) is -0.185. The smallest absolute Gasteiger partial charge is 0.416 e. The van der Waals surface area contributed by atoms with Crippen molar-refractivity contribution in [1.29, 1.82) is 0 Å². The maximum atomic E-state index is 13.4. The van der Waals surface area contributed by atoms with E-state index < -0.39 is 17.6 Å². The number of rotatable bonds is 7. The third-order valence-electron chi connectivity index (χ3n) is 7.57. The third-order valence-corrected chi connectivity index (χ3v) is 7.57. The molecule has 10 nitrogen and oxygen atoms in total. The number of alkyl halides is 3. The van der Waals surface area contributed by atoms with Crippen LogP contribution in [0.1, 0.15) is 32.1 Å². The average Bonchev–Trinajstić information content (AvgIpc) is 3.37. The Kier molecular flexibility index (Phi) is 8.18. The van der Waals surface area contributed by atoms with Crippen LogP contribution >= 0.6 is 0 Å². The van der Waals surface area contributed by atoms with Gasteiger partial charge in [0.1, 0.15) is 11.4 Å². The largest absolute Gasteiger partial charge is 0.424 e. The van der Waals surface area contributed by atoms with Gasteiger partial charge >= 0.3 is 12.2 Å². The highest BCUT2D eigenvalue weighted by molar-refractivity contribution is 6.04. The van der Waals surface area contributed by atoms with Crippen LogP contribution in [-0.2, 0) is 19.8 Å². The second-order valence-electron chi connectivity index (χ2n) is 10.6. The molecule has 13 heteroatoms. The van der Waals surface area contributed by atoms with Gasteiger partial charge in [-0.25, -0.2) is 9.97 Å². The number of fused-ring (bicyclic) bond motifs is 1. The molecular formula is C32H28F3N7O3. The van der Waals surface area contributed by atoms with E-state index in [2.05, 4.69) is 25.2 Å². The van der Waals surface area contributed by atoms with Crippen molar-refractivity contribution in [2.24, 2.45) is 7.05 Å². The zero-order valence-electron chi connectivity index (χ0n) is 24.2. The van der Waals surface area contributed by atoms with Crippen molar-refractivity contribution in [3.05, 3.63) is 108 Å². The van der Waals surface area contributed by atoms with Gasteiger partial charge in [-0.2, -0.15) is 13.2 Å². The van der Waals surface area contributed by atoms with E-state index in [1.54, 1.807) is 18.3 Å². The quantitative estimate of drug-likeness (QED) is 0.262. The fraction of sp³-hybridized carbons (Fsp3) is 0.219. The number of aryl methyl sites for hydroxylation is 1. The van der Waals surface area contributed by atoms with Crippen molar-refractivity contribution in [2.75, 3.05) is 31.5 Å². The molecule has 1 fully saturated rings. The molecule has 6 rings (SSSR count). The van der Waals surface area contributed by atoms with Crippen LogP contribution in [-0.4, -0.2) is 67.3 Å². The highest BCUT2D eigenvalue weighted by atomic mass is 19.4. The van der Waals surface area contributed by atoms with Gasteiger partial charge < -0.3 is 19.5 Å². The number of amides is 2. The highest BCUT2D eigenvalue weighted by Gasteiger charge is 2.30. The Morgan fingerprint density at radius 1 is 0.911 bits per heavy atom. The zero-order valence-corrected chi connectivity index (χ0v) is 24.2. The molecule has 1 aliphatic rings. The van der Waals surface area contributed by atoms with Crippen LogP contribution in [0, 0.1) is 0 Å². The molecule has 1 saturated heterocycles. The van der Waals surface area contributed by atoms with E-state index in [1.165, 1.54) is 12.4 Å². The van der Waals surface area contributed by atoms with Gasteiger partial charge in [0, 0.05) is 62.4 Å². The molecular weight excluding hydrogens is 587 g/mol. The Balaban J connectivity index is 1.07. The lowest BCUT2D eigenvalue weighted by atomic mass is 10.1. The number of halogens is 3. The van der Waals surface area contributed by atoms with Crippen LogP contribution in [0.2, 0.25) is 0 Å². The number of aromatic nitrogens is 4. The number of carbonyl (C=O) groups is 2. The molecule has 0 saturated carbocycles. The van der Waals surface area contributed by atoms with Gasteiger partial charge in [0.15, 0.2) is 0 Å². The van der Waals surface area contributed by atoms with Gasteiger partial charge in [0.05, 0.1) is 29.3 Å². The maximum absolute atomic E-state index is 13.4. The van der Waals surface area contributed by atoms with Crippen molar-refractivity contribution < 1.29 is 27.5 Å². The number of benzene rings is 2. The number of nitrogens with one attached hydrogen (secondary N) is 1. The van der Waals surface area contributed by atoms with Crippen LogP contribution in [0.25, 0.3) is 10.9 Å². The molecule has 0 aliphatic carbocycles. The number of piperazine rings is 1. The monoisotopic (exact) mass is 615 g/mol. The SMILES string of the molecule is Cn1c(C(=O)N2CCN(Cc3ccccn3)CC2)cc2cc(Oc3ncc(NC(=O)c4ccc(C(F)(F)F)cc4)cn3)ccc21. The van der Waals surface area contributed by atoms with E-state index in [0.29, 0.717) is 24.5 Å². The minimum absolute atomic E-state index is 0.0256. The number of hydrogen-bond acceptors (Lipinski definition) is 7. The summed E-state index contributed by atoms with van der Waals surface area (Å²) in [6.45, 7) is 3.53. The van der Waals surface area contributed by atoms with Gasteiger partial charge in [0.2, 0.25) is 0 Å². The first-order valence-corrected chi connectivity index (χ1v) is 14.1. The van der Waals surface area contributed by atoms with E-state index >= 15 is 0 Å². The molecule has 4 heterocycles. The second kappa shape index (κ2) is 12.4. The summed E-state index contributed by atoms with van der Waals surface area (Å²) in [7, 11) is 1.86. The zero-order chi connectivity index (χ0) is 31.6. The van der Waals surface area contributed by atoms with E-state index in [9.17, 15) is 22.8 Å². The fourth-order valence-corrected chi connectivity index (χ4v) is 5.14. The molecule has 0 atom stereocenters. The highest BCUT2D eigenvalue weighted by Crippen LogP contribution is 2.30. The van der Waals surface area contributed by atoms with Crippen LogP contribution < -0.4 is 10.1 Å². The first kappa shape index (κ1) is 29.8. The molecule has 1 N–H and O–H groups in total. The van der Waals surface area contributed by atoms with Gasteiger partial charge in [-0.3, -0.25) is 19.5 Å². The lowest BCUT2D eigenvalue weighted by molar-refractivity contribution is -0.137. The summed E-state index contributed by atoms with van der Waals surface area (Å²) in [5.41, 5.74) is 1.90. The van der Waals surface area contributed by atoms with Crippen molar-refractivity contribution in [1.82, 2.24) is 29.3 Å². The summed E-state index contributed by atoms with van der Waals surface area (Å²) in [6, 6.07) is 17.0. The lowest BCUT2D eigenvalue weighted by Gasteiger charge is -2.34. The molecule has 230 valence electrons. The number of hydrogen-bond donors (Lipinski definition) is 1. The Morgan fingerprint density at radius 3 is 2.31 bits per heavy atom. The van der Waals surface area contributed by atoms with Crippen molar-refractivity contribution >= 4 is 28.4 Å². The number of nitrogens with zero attached hydrogens (tertiary/aromatic N) is 6. The molecule has 0 spiro atoms. The van der Waals surface area contributed by atoms with Crippen molar-refractivity contribution in [3.63, 3.8) is 0 Å². The molecule has 45 heavy (non-hydrogen) atoms.